The van der Waals surface area contributed by atoms with Crippen LogP contribution in [0.25, 0.3) is 0 Å². The van der Waals surface area contributed by atoms with Crippen molar-refractivity contribution in [3.05, 3.63) is 34.6 Å². The van der Waals surface area contributed by atoms with Gasteiger partial charge in [-0.3, -0.25) is 4.90 Å². The second kappa shape index (κ2) is 6.39. The molecule has 2 fully saturated rings. The molecule has 0 radical (unpaired) electrons. The van der Waals surface area contributed by atoms with Gasteiger partial charge in [0.25, 0.3) is 0 Å². The third-order valence-corrected chi connectivity index (χ3v) is 4.20. The van der Waals surface area contributed by atoms with E-state index in [1.165, 1.54) is 6.07 Å². The second-order valence-corrected chi connectivity index (χ2v) is 5.87. The molecule has 3 rings (SSSR count). The molecule has 2 aliphatic heterocycles. The molecule has 0 unspecified atom stereocenters. The summed E-state index contributed by atoms with van der Waals surface area (Å²) in [4.78, 5) is 2.22. The van der Waals surface area contributed by atoms with Crippen molar-refractivity contribution in [2.75, 3.05) is 26.3 Å². The highest BCUT2D eigenvalue weighted by molar-refractivity contribution is 6.30. The van der Waals surface area contributed by atoms with Gasteiger partial charge in [-0.15, -0.1) is 0 Å². The van der Waals surface area contributed by atoms with Crippen molar-refractivity contribution < 1.29 is 13.9 Å². The molecule has 2 heterocycles. The Morgan fingerprint density at radius 2 is 2.10 bits per heavy atom. The van der Waals surface area contributed by atoms with Crippen LogP contribution >= 0.6 is 11.6 Å². The number of hydrogen-bond acceptors (Lipinski definition) is 3. The van der Waals surface area contributed by atoms with Gasteiger partial charge < -0.3 is 9.47 Å². The topological polar surface area (TPSA) is 21.7 Å². The largest absolute Gasteiger partial charge is 0.375 e. The summed E-state index contributed by atoms with van der Waals surface area (Å²) in [6.07, 6.45) is 2.49. The molecule has 1 aromatic carbocycles. The fourth-order valence-corrected chi connectivity index (χ4v) is 3.05. The minimum Gasteiger partial charge on any atom is -0.375 e. The normalized spacial score (nSPS) is 27.9. The van der Waals surface area contributed by atoms with Gasteiger partial charge >= 0.3 is 0 Å². The third kappa shape index (κ3) is 3.31. The van der Waals surface area contributed by atoms with Gasteiger partial charge in [-0.2, -0.15) is 0 Å². The van der Waals surface area contributed by atoms with E-state index in [0.29, 0.717) is 23.7 Å². The van der Waals surface area contributed by atoms with Crippen molar-refractivity contribution in [2.45, 2.75) is 31.6 Å². The Morgan fingerprint density at radius 1 is 1.25 bits per heavy atom. The number of benzene rings is 1. The molecule has 0 saturated carbocycles. The first kappa shape index (κ1) is 14.3. The van der Waals surface area contributed by atoms with Crippen molar-refractivity contribution in [2.24, 2.45) is 0 Å². The maximum Gasteiger partial charge on any atom is 0.129 e. The van der Waals surface area contributed by atoms with Crippen LogP contribution in [0.5, 0.6) is 0 Å². The molecule has 110 valence electrons. The minimum atomic E-state index is -0.238. The summed E-state index contributed by atoms with van der Waals surface area (Å²) in [5, 5.41) is 0.436. The highest BCUT2D eigenvalue weighted by atomic mass is 35.5. The molecule has 0 spiro atoms. The second-order valence-electron chi connectivity index (χ2n) is 5.43. The van der Waals surface area contributed by atoms with E-state index in [2.05, 4.69) is 4.90 Å². The lowest BCUT2D eigenvalue weighted by Crippen LogP contribution is -2.47. The van der Waals surface area contributed by atoms with Crippen LogP contribution in [0, 0.1) is 5.82 Å². The highest BCUT2D eigenvalue weighted by Crippen LogP contribution is 2.23. The summed E-state index contributed by atoms with van der Waals surface area (Å²) < 4.78 is 25.3. The SMILES string of the molecule is Fc1cc(Cl)ccc1CN1CCO[C@@H]([C@@H]2CCCO2)C1. The Balaban J connectivity index is 1.62. The average molecular weight is 300 g/mol. The first-order valence-electron chi connectivity index (χ1n) is 7.12. The van der Waals surface area contributed by atoms with Crippen LogP contribution in [0.4, 0.5) is 4.39 Å². The van der Waals surface area contributed by atoms with Crippen LogP contribution < -0.4 is 0 Å². The molecular formula is C15H19ClFNO2. The Labute approximate surface area is 123 Å². The fourth-order valence-electron chi connectivity index (χ4n) is 2.89. The van der Waals surface area contributed by atoms with Crippen LogP contribution in [0.2, 0.25) is 5.02 Å². The zero-order chi connectivity index (χ0) is 13.9. The monoisotopic (exact) mass is 299 g/mol. The molecule has 0 bridgehead atoms. The summed E-state index contributed by atoms with van der Waals surface area (Å²) in [5.74, 6) is -0.238. The van der Waals surface area contributed by atoms with Crippen molar-refractivity contribution in [3.8, 4) is 0 Å². The predicted octanol–water partition coefficient (Wildman–Crippen LogP) is 2.86. The van der Waals surface area contributed by atoms with Crippen LogP contribution in [-0.4, -0.2) is 43.4 Å². The molecule has 5 heteroatoms. The van der Waals surface area contributed by atoms with E-state index >= 15 is 0 Å². The van der Waals surface area contributed by atoms with Crippen LogP contribution in [0.1, 0.15) is 18.4 Å². The molecule has 0 aromatic heterocycles. The smallest absolute Gasteiger partial charge is 0.129 e. The maximum absolute atomic E-state index is 13.8. The van der Waals surface area contributed by atoms with Crippen molar-refractivity contribution >= 4 is 11.6 Å². The number of nitrogens with zero attached hydrogens (tertiary/aromatic N) is 1. The first-order chi connectivity index (χ1) is 9.72. The Hall–Kier alpha value is -0.680. The Morgan fingerprint density at radius 3 is 2.85 bits per heavy atom. The maximum atomic E-state index is 13.8. The summed E-state index contributed by atoms with van der Waals surface area (Å²) in [6, 6.07) is 4.86. The Bertz CT molecular complexity index is 465. The lowest BCUT2D eigenvalue weighted by atomic mass is 10.1. The quantitative estimate of drug-likeness (QED) is 0.857. The van der Waals surface area contributed by atoms with Crippen molar-refractivity contribution in [1.29, 1.82) is 0 Å². The molecular weight excluding hydrogens is 281 g/mol. The van der Waals surface area contributed by atoms with Crippen LogP contribution in [0.15, 0.2) is 18.2 Å². The number of morpholine rings is 1. The van der Waals surface area contributed by atoms with Gasteiger partial charge in [-0.1, -0.05) is 17.7 Å². The summed E-state index contributed by atoms with van der Waals surface area (Å²) in [6.45, 7) is 3.73. The lowest BCUT2D eigenvalue weighted by molar-refractivity contribution is -0.0961. The van der Waals surface area contributed by atoms with Gasteiger partial charge in [-0.25, -0.2) is 4.39 Å². The highest BCUT2D eigenvalue weighted by Gasteiger charge is 2.31. The fraction of sp³-hybridized carbons (Fsp3) is 0.600. The predicted molar refractivity (Wildman–Crippen MR) is 75.4 cm³/mol. The molecule has 3 nitrogen and oxygen atoms in total. The molecule has 0 N–H and O–H groups in total. The van der Waals surface area contributed by atoms with E-state index in [4.69, 9.17) is 21.1 Å². The van der Waals surface area contributed by atoms with Gasteiger partial charge in [0.2, 0.25) is 0 Å². The summed E-state index contributed by atoms with van der Waals surface area (Å²) in [5.41, 5.74) is 0.683. The van der Waals surface area contributed by atoms with E-state index in [1.54, 1.807) is 12.1 Å². The third-order valence-electron chi connectivity index (χ3n) is 3.97. The van der Waals surface area contributed by atoms with Gasteiger partial charge in [0.1, 0.15) is 5.82 Å². The Kier molecular flexibility index (Phi) is 4.56. The van der Waals surface area contributed by atoms with Crippen molar-refractivity contribution in [3.63, 3.8) is 0 Å². The standard InChI is InChI=1S/C15H19ClFNO2/c16-12-4-3-11(13(17)8-12)9-18-5-7-20-15(10-18)14-2-1-6-19-14/h3-4,8,14-15H,1-2,5-7,9-10H2/t14-,15+/m0/s1. The van der Waals surface area contributed by atoms with E-state index < -0.39 is 0 Å². The van der Waals surface area contributed by atoms with E-state index in [0.717, 1.165) is 32.5 Å². The van der Waals surface area contributed by atoms with Gasteiger partial charge in [0, 0.05) is 36.8 Å². The van der Waals surface area contributed by atoms with E-state index in [9.17, 15) is 4.39 Å². The van der Waals surface area contributed by atoms with E-state index in [1.807, 2.05) is 0 Å². The molecule has 0 amide bonds. The van der Waals surface area contributed by atoms with Crippen LogP contribution in [-0.2, 0) is 16.0 Å². The van der Waals surface area contributed by atoms with E-state index in [-0.39, 0.29) is 18.0 Å². The number of ether oxygens (including phenoxy) is 2. The van der Waals surface area contributed by atoms with Gasteiger partial charge in [0.05, 0.1) is 18.8 Å². The number of hydrogen-bond donors (Lipinski definition) is 0. The average Bonchev–Trinajstić information content (AvgIpc) is 2.96. The molecule has 1 aromatic rings. The lowest BCUT2D eigenvalue weighted by Gasteiger charge is -2.35. The number of rotatable bonds is 3. The zero-order valence-electron chi connectivity index (χ0n) is 11.4. The summed E-state index contributed by atoms with van der Waals surface area (Å²) in [7, 11) is 0. The van der Waals surface area contributed by atoms with Crippen LogP contribution in [0.3, 0.4) is 0 Å². The number of halogens is 2. The molecule has 20 heavy (non-hydrogen) atoms. The first-order valence-corrected chi connectivity index (χ1v) is 7.49. The van der Waals surface area contributed by atoms with Gasteiger partial charge in [0.15, 0.2) is 0 Å². The summed E-state index contributed by atoms with van der Waals surface area (Å²) >= 11 is 5.78. The molecule has 0 aliphatic carbocycles. The molecule has 2 aliphatic rings. The zero-order valence-corrected chi connectivity index (χ0v) is 12.1. The molecule has 2 saturated heterocycles. The minimum absolute atomic E-state index is 0.113. The molecule has 2 atom stereocenters. The van der Waals surface area contributed by atoms with Crippen molar-refractivity contribution in [1.82, 2.24) is 4.90 Å². The van der Waals surface area contributed by atoms with Gasteiger partial charge in [-0.05, 0) is 25.0 Å².